The van der Waals surface area contributed by atoms with Crippen LogP contribution in [0.2, 0.25) is 5.02 Å². The van der Waals surface area contributed by atoms with Crippen molar-refractivity contribution in [3.05, 3.63) is 100 Å². The number of nitrogens with one attached hydrogen (secondary N) is 1. The number of carbonyl (C=O) groups is 2. The van der Waals surface area contributed by atoms with Crippen LogP contribution in [-0.2, 0) is 0 Å². The minimum atomic E-state index is -0.695. The Morgan fingerprint density at radius 3 is 2.34 bits per heavy atom. The summed E-state index contributed by atoms with van der Waals surface area (Å²) < 4.78 is 7.06. The number of halogens is 1. The third-order valence-corrected chi connectivity index (χ3v) is 4.91. The highest BCUT2D eigenvalue weighted by Gasteiger charge is 2.17. The van der Waals surface area contributed by atoms with Crippen molar-refractivity contribution in [2.75, 3.05) is 5.32 Å². The smallest absolute Gasteiger partial charge is 0.363 e. The Morgan fingerprint density at radius 1 is 0.969 bits per heavy atom. The van der Waals surface area contributed by atoms with Crippen molar-refractivity contribution in [2.24, 2.45) is 0 Å². The molecule has 1 N–H and O–H groups in total. The Labute approximate surface area is 189 Å². The summed E-state index contributed by atoms with van der Waals surface area (Å²) >= 11 is 6.19. The van der Waals surface area contributed by atoms with Gasteiger partial charge in [-0.15, -0.1) is 0 Å². The number of nitrogens with zero attached hydrogens (tertiary/aromatic N) is 3. The highest BCUT2D eigenvalue weighted by atomic mass is 35.5. The fourth-order valence-corrected chi connectivity index (χ4v) is 3.29. The molecule has 0 unspecified atom stereocenters. The number of esters is 1. The Bertz CT molecular complexity index is 1280. The first kappa shape index (κ1) is 21.3. The van der Waals surface area contributed by atoms with Gasteiger partial charge in [0.15, 0.2) is 11.5 Å². The highest BCUT2D eigenvalue weighted by Crippen LogP contribution is 2.22. The van der Waals surface area contributed by atoms with E-state index in [1.54, 1.807) is 65.3 Å². The maximum atomic E-state index is 12.7. The lowest BCUT2D eigenvalue weighted by Gasteiger charge is -2.09. The largest absolute Gasteiger partial charge is 0.422 e. The number of aromatic nitrogens is 3. The summed E-state index contributed by atoms with van der Waals surface area (Å²) in [6, 6.07) is 20.5. The van der Waals surface area contributed by atoms with Gasteiger partial charge in [0.25, 0.3) is 5.91 Å². The van der Waals surface area contributed by atoms with Crippen molar-refractivity contribution < 1.29 is 14.3 Å². The molecule has 0 aliphatic heterocycles. The molecule has 7 nitrogen and oxygen atoms in total. The predicted octanol–water partition coefficient (Wildman–Crippen LogP) is 5.01. The second-order valence-corrected chi connectivity index (χ2v) is 7.48. The average molecular weight is 447 g/mol. The fourth-order valence-electron chi connectivity index (χ4n) is 3.11. The topological polar surface area (TPSA) is 86.1 Å². The number of ether oxygens (including phenoxy) is 1. The highest BCUT2D eigenvalue weighted by molar-refractivity contribution is 6.33. The molecule has 0 spiro atoms. The number of pyridine rings is 1. The van der Waals surface area contributed by atoms with Gasteiger partial charge in [0, 0.05) is 16.9 Å². The molecule has 2 aromatic carbocycles. The maximum absolute atomic E-state index is 12.7. The number of hydrogen-bond donors (Lipinski definition) is 1. The number of amides is 1. The van der Waals surface area contributed by atoms with Gasteiger partial charge in [0.2, 0.25) is 0 Å². The fraction of sp³-hybridized carbons (Fsp3) is 0.0833. The van der Waals surface area contributed by atoms with Gasteiger partial charge in [-0.25, -0.2) is 14.5 Å². The third kappa shape index (κ3) is 4.68. The molecule has 0 aliphatic rings. The Balaban J connectivity index is 1.48. The van der Waals surface area contributed by atoms with E-state index in [-0.39, 0.29) is 16.6 Å². The zero-order valence-corrected chi connectivity index (χ0v) is 18.1. The molecule has 160 valence electrons. The summed E-state index contributed by atoms with van der Waals surface area (Å²) in [5.41, 5.74) is 2.82. The molecule has 32 heavy (non-hydrogen) atoms. The molecule has 8 heteroatoms. The summed E-state index contributed by atoms with van der Waals surface area (Å²) in [7, 11) is 0. The van der Waals surface area contributed by atoms with Gasteiger partial charge in [0.1, 0.15) is 5.75 Å². The Hall–Kier alpha value is -3.97. The molecule has 0 radical (unpaired) electrons. The molecule has 0 atom stereocenters. The summed E-state index contributed by atoms with van der Waals surface area (Å²) in [4.78, 5) is 29.3. The number of carbonyl (C=O) groups excluding carboxylic acids is 2. The standard InChI is InChI=1S/C24H19ClN4O3/c1-15-14-16(2)29(28-15)21-13-12-20(25)22(27-21)24(31)32-19-10-8-18(9-11-19)26-23(30)17-6-4-3-5-7-17/h3-14H,1-2H3,(H,26,30). The van der Waals surface area contributed by atoms with Gasteiger partial charge in [0.05, 0.1) is 10.7 Å². The number of rotatable bonds is 5. The van der Waals surface area contributed by atoms with Crippen molar-refractivity contribution >= 4 is 29.2 Å². The van der Waals surface area contributed by atoms with Crippen molar-refractivity contribution in [1.82, 2.24) is 14.8 Å². The molecule has 2 heterocycles. The van der Waals surface area contributed by atoms with Crippen LogP contribution in [0.25, 0.3) is 5.82 Å². The van der Waals surface area contributed by atoms with E-state index in [0.29, 0.717) is 22.8 Å². The van der Waals surface area contributed by atoms with Crippen LogP contribution in [0.3, 0.4) is 0 Å². The average Bonchev–Trinajstić information content (AvgIpc) is 3.13. The Morgan fingerprint density at radius 2 is 1.69 bits per heavy atom. The van der Waals surface area contributed by atoms with E-state index in [4.69, 9.17) is 16.3 Å². The summed E-state index contributed by atoms with van der Waals surface area (Å²) in [5, 5.41) is 7.34. The van der Waals surface area contributed by atoms with E-state index < -0.39 is 5.97 Å². The molecule has 4 aromatic rings. The monoisotopic (exact) mass is 446 g/mol. The normalized spacial score (nSPS) is 10.6. The van der Waals surface area contributed by atoms with Gasteiger partial charge < -0.3 is 10.1 Å². The van der Waals surface area contributed by atoms with Crippen LogP contribution in [0, 0.1) is 13.8 Å². The van der Waals surface area contributed by atoms with Crippen LogP contribution in [0.4, 0.5) is 5.69 Å². The molecular weight excluding hydrogens is 428 g/mol. The lowest BCUT2D eigenvalue weighted by atomic mass is 10.2. The molecule has 2 aromatic heterocycles. The molecule has 0 bridgehead atoms. The SMILES string of the molecule is Cc1cc(C)n(-c2ccc(Cl)c(C(=O)Oc3ccc(NC(=O)c4ccccc4)cc3)n2)n1. The number of anilines is 1. The van der Waals surface area contributed by atoms with E-state index in [1.807, 2.05) is 26.0 Å². The zero-order chi connectivity index (χ0) is 22.7. The van der Waals surface area contributed by atoms with Crippen LogP contribution in [0.5, 0.6) is 5.75 Å². The quantitative estimate of drug-likeness (QED) is 0.344. The van der Waals surface area contributed by atoms with Crippen LogP contribution in [0.1, 0.15) is 32.2 Å². The predicted molar refractivity (Wildman–Crippen MR) is 122 cm³/mol. The summed E-state index contributed by atoms with van der Waals surface area (Å²) in [5.74, 6) is -0.167. The maximum Gasteiger partial charge on any atom is 0.363 e. The van der Waals surface area contributed by atoms with E-state index in [9.17, 15) is 9.59 Å². The van der Waals surface area contributed by atoms with Crippen LogP contribution < -0.4 is 10.1 Å². The minimum Gasteiger partial charge on any atom is -0.422 e. The van der Waals surface area contributed by atoms with Crippen molar-refractivity contribution in [2.45, 2.75) is 13.8 Å². The van der Waals surface area contributed by atoms with Gasteiger partial charge in [-0.2, -0.15) is 5.10 Å². The molecule has 0 fully saturated rings. The number of aryl methyl sites for hydroxylation is 2. The molecule has 1 amide bonds. The van der Waals surface area contributed by atoms with Crippen LogP contribution >= 0.6 is 11.6 Å². The third-order valence-electron chi connectivity index (χ3n) is 4.61. The van der Waals surface area contributed by atoms with Crippen LogP contribution in [0.15, 0.2) is 72.8 Å². The first-order chi connectivity index (χ1) is 15.4. The van der Waals surface area contributed by atoms with Crippen molar-refractivity contribution in [3.63, 3.8) is 0 Å². The first-order valence-electron chi connectivity index (χ1n) is 9.79. The number of hydrogen-bond acceptors (Lipinski definition) is 5. The summed E-state index contributed by atoms with van der Waals surface area (Å²) in [6.07, 6.45) is 0. The van der Waals surface area contributed by atoms with E-state index in [2.05, 4.69) is 15.4 Å². The van der Waals surface area contributed by atoms with E-state index in [0.717, 1.165) is 11.4 Å². The van der Waals surface area contributed by atoms with E-state index >= 15 is 0 Å². The molecule has 4 rings (SSSR count). The van der Waals surface area contributed by atoms with Gasteiger partial charge in [-0.3, -0.25) is 4.79 Å². The van der Waals surface area contributed by atoms with Gasteiger partial charge >= 0.3 is 5.97 Å². The van der Waals surface area contributed by atoms with Crippen molar-refractivity contribution in [3.8, 4) is 11.6 Å². The lowest BCUT2D eigenvalue weighted by Crippen LogP contribution is -2.14. The van der Waals surface area contributed by atoms with E-state index in [1.165, 1.54) is 0 Å². The Kier molecular flexibility index (Phi) is 6.00. The van der Waals surface area contributed by atoms with Gasteiger partial charge in [-0.1, -0.05) is 29.8 Å². The molecule has 0 saturated carbocycles. The second kappa shape index (κ2) is 9.03. The van der Waals surface area contributed by atoms with Crippen molar-refractivity contribution in [1.29, 1.82) is 0 Å². The summed E-state index contributed by atoms with van der Waals surface area (Å²) in [6.45, 7) is 3.77. The van der Waals surface area contributed by atoms with Crippen LogP contribution in [-0.4, -0.2) is 26.6 Å². The molecule has 0 saturated heterocycles. The molecule has 0 aliphatic carbocycles. The molecular formula is C24H19ClN4O3. The first-order valence-corrected chi connectivity index (χ1v) is 10.2. The number of benzene rings is 2. The second-order valence-electron chi connectivity index (χ2n) is 7.07. The van der Waals surface area contributed by atoms with Gasteiger partial charge in [-0.05, 0) is 68.4 Å². The zero-order valence-electron chi connectivity index (χ0n) is 17.4. The lowest BCUT2D eigenvalue weighted by molar-refractivity contribution is 0.0728. The minimum absolute atomic E-state index is 0.0156.